The van der Waals surface area contributed by atoms with Crippen molar-refractivity contribution in [3.8, 4) is 0 Å². The van der Waals surface area contributed by atoms with Gasteiger partial charge in [-0.15, -0.1) is 5.10 Å². The number of ether oxygens (including phenoxy) is 1. The number of rotatable bonds is 6. The molecular weight excluding hydrogens is 216 g/mol. The van der Waals surface area contributed by atoms with Crippen molar-refractivity contribution >= 4 is 17.7 Å². The van der Waals surface area contributed by atoms with E-state index in [1.54, 1.807) is 0 Å². The molecule has 1 rings (SSSR count). The largest absolute Gasteiger partial charge is 0.469 e. The summed E-state index contributed by atoms with van der Waals surface area (Å²) in [4.78, 5) is 11.1. The lowest BCUT2D eigenvalue weighted by Crippen LogP contribution is -2.06. The van der Waals surface area contributed by atoms with Crippen molar-refractivity contribution in [3.63, 3.8) is 0 Å². The van der Waals surface area contributed by atoms with Gasteiger partial charge in [0.05, 0.1) is 13.5 Å². The molecule has 0 aliphatic carbocycles. The molecule has 7 heteroatoms. The van der Waals surface area contributed by atoms with Crippen molar-refractivity contribution in [2.75, 3.05) is 7.11 Å². The Kier molecular flexibility index (Phi) is 5.09. The molecule has 0 amide bonds. The summed E-state index contributed by atoms with van der Waals surface area (Å²) in [5, 5.41) is 14.9. The van der Waals surface area contributed by atoms with E-state index in [1.165, 1.54) is 18.9 Å². The topological polar surface area (TPSA) is 80.8 Å². The van der Waals surface area contributed by atoms with E-state index in [2.05, 4.69) is 32.3 Å². The minimum atomic E-state index is -0.238. The number of nitrogens with one attached hydrogen (secondary N) is 1. The van der Waals surface area contributed by atoms with Crippen LogP contribution in [0.2, 0.25) is 0 Å². The van der Waals surface area contributed by atoms with Crippen LogP contribution in [0.25, 0.3) is 0 Å². The van der Waals surface area contributed by atoms with E-state index < -0.39 is 0 Å². The predicted molar refractivity (Wildman–Crippen MR) is 54.8 cm³/mol. The van der Waals surface area contributed by atoms with E-state index >= 15 is 0 Å². The summed E-state index contributed by atoms with van der Waals surface area (Å²) >= 11 is 1.39. The highest BCUT2D eigenvalue weighted by Gasteiger charge is 2.17. The highest BCUT2D eigenvalue weighted by atomic mass is 32.2. The first-order valence-electron chi connectivity index (χ1n) is 4.59. The number of H-pyrrole nitrogens is 1. The van der Waals surface area contributed by atoms with E-state index in [4.69, 9.17) is 0 Å². The summed E-state index contributed by atoms with van der Waals surface area (Å²) in [7, 11) is 1.38. The van der Waals surface area contributed by atoms with Gasteiger partial charge < -0.3 is 4.74 Å². The summed E-state index contributed by atoms with van der Waals surface area (Å²) < 4.78 is 4.61. The average Bonchev–Trinajstić information content (AvgIpc) is 2.70. The standard InChI is InChI=1S/C8H13N4O2S/c1-3-4-6(5-7(13)14-2)15-8-9-11-12-10-8/h3-5H2,1-2H3,(H,9,10,11,12). The number of esters is 1. The quantitative estimate of drug-likeness (QED) is 0.583. The molecule has 0 aliphatic heterocycles. The first-order valence-corrected chi connectivity index (χ1v) is 5.41. The van der Waals surface area contributed by atoms with Crippen molar-refractivity contribution in [1.82, 2.24) is 20.6 Å². The number of hydrogen-bond donors (Lipinski definition) is 1. The molecule has 1 aromatic rings. The fourth-order valence-electron chi connectivity index (χ4n) is 1.02. The zero-order chi connectivity index (χ0) is 11.1. The van der Waals surface area contributed by atoms with Gasteiger partial charge in [-0.1, -0.05) is 25.1 Å². The molecule has 1 N–H and O–H groups in total. The molecule has 6 nitrogen and oxygen atoms in total. The molecule has 0 aliphatic rings. The van der Waals surface area contributed by atoms with Crippen molar-refractivity contribution in [2.24, 2.45) is 0 Å². The smallest absolute Gasteiger partial charge is 0.306 e. The zero-order valence-corrected chi connectivity index (χ0v) is 9.50. The summed E-state index contributed by atoms with van der Waals surface area (Å²) in [5.41, 5.74) is 0. The minimum Gasteiger partial charge on any atom is -0.469 e. The van der Waals surface area contributed by atoms with Crippen LogP contribution in [0.1, 0.15) is 26.2 Å². The van der Waals surface area contributed by atoms with Gasteiger partial charge in [0.15, 0.2) is 0 Å². The number of carbonyl (C=O) groups excluding carboxylic acids is 1. The number of nitrogens with zero attached hydrogens (tertiary/aromatic N) is 3. The molecule has 0 bridgehead atoms. The van der Waals surface area contributed by atoms with Crippen molar-refractivity contribution < 1.29 is 9.53 Å². The van der Waals surface area contributed by atoms with Gasteiger partial charge in [-0.3, -0.25) is 4.79 Å². The Hall–Kier alpha value is -1.11. The lowest BCUT2D eigenvalue weighted by atomic mass is 10.2. The Bertz CT molecular complexity index is 291. The first kappa shape index (κ1) is 12.0. The maximum absolute atomic E-state index is 11.1. The molecule has 0 saturated carbocycles. The number of aromatic amines is 1. The van der Waals surface area contributed by atoms with Gasteiger partial charge in [-0.25, -0.2) is 5.10 Å². The van der Waals surface area contributed by atoms with Crippen molar-refractivity contribution in [3.05, 3.63) is 5.25 Å². The highest BCUT2D eigenvalue weighted by Crippen LogP contribution is 2.32. The first-order chi connectivity index (χ1) is 7.26. The van der Waals surface area contributed by atoms with Crippen LogP contribution in [0.5, 0.6) is 0 Å². The maximum atomic E-state index is 11.1. The number of methoxy groups -OCH3 is 1. The molecule has 0 saturated heterocycles. The lowest BCUT2D eigenvalue weighted by Gasteiger charge is -2.10. The highest BCUT2D eigenvalue weighted by molar-refractivity contribution is 8.02. The fraction of sp³-hybridized carbons (Fsp3) is 0.625. The SMILES string of the molecule is CCC[C](CC(=O)OC)Sc1nnn[nH]1. The molecule has 1 heterocycles. The van der Waals surface area contributed by atoms with Crippen LogP contribution in [-0.4, -0.2) is 33.7 Å². The van der Waals surface area contributed by atoms with Gasteiger partial charge in [-0.2, -0.15) is 0 Å². The number of tetrazole rings is 1. The van der Waals surface area contributed by atoms with Crippen LogP contribution in [0.3, 0.4) is 0 Å². The number of carbonyl (C=O) groups is 1. The van der Waals surface area contributed by atoms with Gasteiger partial charge in [0.2, 0.25) is 5.16 Å². The second-order valence-corrected chi connectivity index (χ2v) is 4.02. The second-order valence-electron chi connectivity index (χ2n) is 2.85. The fourth-order valence-corrected chi connectivity index (χ4v) is 1.95. The normalized spacial score (nSPS) is 10.6. The van der Waals surface area contributed by atoms with Crippen LogP contribution in [0.4, 0.5) is 0 Å². The molecule has 0 fully saturated rings. The second kappa shape index (κ2) is 6.39. The third-order valence-corrected chi connectivity index (χ3v) is 2.67. The predicted octanol–water partition coefficient (Wildman–Crippen LogP) is 1.19. The van der Waals surface area contributed by atoms with Crippen LogP contribution >= 0.6 is 11.8 Å². The Morgan fingerprint density at radius 1 is 1.60 bits per heavy atom. The van der Waals surface area contributed by atoms with E-state index in [-0.39, 0.29) is 5.97 Å². The minimum absolute atomic E-state index is 0.238. The summed E-state index contributed by atoms with van der Waals surface area (Å²) in [6.45, 7) is 2.05. The molecular formula is C8H13N4O2S. The van der Waals surface area contributed by atoms with Gasteiger partial charge >= 0.3 is 5.97 Å². The van der Waals surface area contributed by atoms with Gasteiger partial charge in [-0.05, 0) is 16.8 Å². The number of aromatic nitrogens is 4. The molecule has 0 atom stereocenters. The lowest BCUT2D eigenvalue weighted by molar-refractivity contribution is -0.140. The van der Waals surface area contributed by atoms with Crippen LogP contribution < -0.4 is 0 Å². The third-order valence-electron chi connectivity index (χ3n) is 1.66. The maximum Gasteiger partial charge on any atom is 0.306 e. The molecule has 0 spiro atoms. The van der Waals surface area contributed by atoms with Gasteiger partial charge in [0.25, 0.3) is 0 Å². The number of thioether (sulfide) groups is 1. The molecule has 1 radical (unpaired) electrons. The monoisotopic (exact) mass is 229 g/mol. The molecule has 0 aromatic carbocycles. The van der Waals surface area contributed by atoms with E-state index in [9.17, 15) is 4.79 Å². The molecule has 1 aromatic heterocycles. The Morgan fingerprint density at radius 2 is 2.40 bits per heavy atom. The van der Waals surface area contributed by atoms with E-state index in [0.717, 1.165) is 18.1 Å². The van der Waals surface area contributed by atoms with Gasteiger partial charge in [0.1, 0.15) is 0 Å². The van der Waals surface area contributed by atoms with Crippen molar-refractivity contribution in [2.45, 2.75) is 31.3 Å². The van der Waals surface area contributed by atoms with Gasteiger partial charge in [0, 0.05) is 5.25 Å². The summed E-state index contributed by atoms with van der Waals surface area (Å²) in [6, 6.07) is 0. The van der Waals surface area contributed by atoms with Crippen LogP contribution in [0, 0.1) is 5.25 Å². The number of hydrogen-bond acceptors (Lipinski definition) is 6. The van der Waals surface area contributed by atoms with Crippen molar-refractivity contribution in [1.29, 1.82) is 0 Å². The Labute approximate surface area is 92.2 Å². The van der Waals surface area contributed by atoms with E-state index in [1.807, 2.05) is 0 Å². The zero-order valence-electron chi connectivity index (χ0n) is 8.69. The summed E-state index contributed by atoms with van der Waals surface area (Å²) in [6.07, 6.45) is 2.12. The molecule has 0 unspecified atom stereocenters. The molecule has 15 heavy (non-hydrogen) atoms. The third kappa shape index (κ3) is 4.28. The van der Waals surface area contributed by atoms with Crippen LogP contribution in [-0.2, 0) is 9.53 Å². The Balaban J connectivity index is 2.46. The average molecular weight is 229 g/mol. The Morgan fingerprint density at radius 3 is 2.93 bits per heavy atom. The summed E-state index contributed by atoms with van der Waals surface area (Å²) in [5.74, 6) is -0.238. The molecule has 83 valence electrons. The van der Waals surface area contributed by atoms with E-state index in [0.29, 0.717) is 11.6 Å². The van der Waals surface area contributed by atoms with Crippen LogP contribution in [0.15, 0.2) is 5.16 Å².